The van der Waals surface area contributed by atoms with Crippen molar-refractivity contribution < 1.29 is 51.7 Å². The quantitative estimate of drug-likeness (QED) is 0.689. The molecular weight excluding hydrogens is 312 g/mol. The topological polar surface area (TPSA) is 93.1 Å². The van der Waals surface area contributed by atoms with Crippen LogP contribution in [0.15, 0.2) is 0 Å². The first-order chi connectivity index (χ1) is 7.04. The Morgan fingerprint density at radius 2 is 1.38 bits per heavy atom. The molecule has 1 heterocycles. The third-order valence-electron chi connectivity index (χ3n) is 2.25. The van der Waals surface area contributed by atoms with E-state index in [1.807, 2.05) is 0 Å². The minimum Gasteiger partial charge on any atom is -0.481 e. The van der Waals surface area contributed by atoms with Gasteiger partial charge >= 0.3 is 11.9 Å². The van der Waals surface area contributed by atoms with Crippen molar-refractivity contribution in [3.8, 4) is 0 Å². The fraction of sp³-hybridized carbons (Fsp3) is 0.778. The van der Waals surface area contributed by atoms with Crippen LogP contribution in [0.5, 0.6) is 0 Å². The molecule has 0 bridgehead atoms. The van der Waals surface area contributed by atoms with Gasteiger partial charge in [-0.25, -0.2) is 0 Å². The Kier molecular flexibility index (Phi) is 6.85. The van der Waals surface area contributed by atoms with Crippen molar-refractivity contribution >= 4 is 11.9 Å². The van der Waals surface area contributed by atoms with E-state index < -0.39 is 17.7 Å². The molecule has 0 unspecified atom stereocenters. The summed E-state index contributed by atoms with van der Waals surface area (Å²) in [6.07, 6.45) is 0.213. The molecule has 0 aromatic heterocycles. The smallest absolute Gasteiger partial charge is 0.303 e. The van der Waals surface area contributed by atoms with E-state index in [4.69, 9.17) is 19.7 Å². The van der Waals surface area contributed by atoms with Crippen molar-refractivity contribution in [3.63, 3.8) is 0 Å². The van der Waals surface area contributed by atoms with E-state index in [0.717, 1.165) is 0 Å². The number of carboxylic acid groups (broad SMARTS) is 2. The molecule has 1 rings (SSSR count). The molecule has 0 saturated carbocycles. The van der Waals surface area contributed by atoms with Crippen LogP contribution in [0.2, 0.25) is 0 Å². The Labute approximate surface area is 108 Å². The zero-order valence-corrected chi connectivity index (χ0v) is 10.1. The molecule has 1 saturated heterocycles. The predicted octanol–water partition coefficient (Wildman–Crippen LogP) is 0.457. The summed E-state index contributed by atoms with van der Waals surface area (Å²) < 4.78 is 10.6. The maximum absolute atomic E-state index is 10.4. The minimum absolute atomic E-state index is 0. The molecule has 97 valence electrons. The normalized spacial score (nSPS) is 17.8. The maximum Gasteiger partial charge on any atom is 0.303 e. The van der Waals surface area contributed by atoms with Gasteiger partial charge < -0.3 is 19.7 Å². The standard InChI is InChI=1S/C9H14O6.Ag/c10-7(11)1-3-9(4-2-8(12)13)14-5-6-15-9;/h1-6H2,(H,10,11)(H,12,13);. The first kappa shape index (κ1) is 15.6. The van der Waals surface area contributed by atoms with E-state index in [1.165, 1.54) is 0 Å². The fourth-order valence-electron chi connectivity index (χ4n) is 1.51. The largest absolute Gasteiger partial charge is 0.481 e. The van der Waals surface area contributed by atoms with Crippen LogP contribution in [0.25, 0.3) is 0 Å². The van der Waals surface area contributed by atoms with Crippen LogP contribution in [-0.2, 0) is 41.4 Å². The fourth-order valence-corrected chi connectivity index (χ4v) is 1.51. The monoisotopic (exact) mass is 325 g/mol. The Bertz CT molecular complexity index is 228. The van der Waals surface area contributed by atoms with Gasteiger partial charge in [0.2, 0.25) is 0 Å². The van der Waals surface area contributed by atoms with Gasteiger partial charge in [-0.3, -0.25) is 9.59 Å². The van der Waals surface area contributed by atoms with Crippen LogP contribution in [0.4, 0.5) is 0 Å². The second kappa shape index (κ2) is 7.03. The summed E-state index contributed by atoms with van der Waals surface area (Å²) in [5.74, 6) is -2.89. The van der Waals surface area contributed by atoms with E-state index in [9.17, 15) is 9.59 Å². The Hall–Kier alpha value is -0.400. The van der Waals surface area contributed by atoms with Crippen LogP contribution < -0.4 is 0 Å². The Balaban J connectivity index is 0.00000225. The van der Waals surface area contributed by atoms with Gasteiger partial charge in [-0.05, 0) is 0 Å². The van der Waals surface area contributed by atoms with Crippen LogP contribution in [0, 0.1) is 0 Å². The number of rotatable bonds is 6. The number of carbonyl (C=O) groups is 2. The number of carboxylic acids is 2. The zero-order chi connectivity index (χ0) is 11.3. The van der Waals surface area contributed by atoms with Crippen molar-refractivity contribution in [2.45, 2.75) is 31.5 Å². The minimum atomic E-state index is -1.00. The summed E-state index contributed by atoms with van der Waals surface area (Å²) in [7, 11) is 0. The average Bonchev–Trinajstić information content (AvgIpc) is 2.61. The molecule has 6 nitrogen and oxygen atoms in total. The van der Waals surface area contributed by atoms with Crippen molar-refractivity contribution in [1.29, 1.82) is 0 Å². The van der Waals surface area contributed by atoms with Crippen molar-refractivity contribution in [3.05, 3.63) is 0 Å². The van der Waals surface area contributed by atoms with Gasteiger partial charge in [0.1, 0.15) is 0 Å². The average molecular weight is 326 g/mol. The molecule has 1 aliphatic rings. The third-order valence-corrected chi connectivity index (χ3v) is 2.25. The predicted molar refractivity (Wildman–Crippen MR) is 48.4 cm³/mol. The van der Waals surface area contributed by atoms with Crippen molar-refractivity contribution in [2.24, 2.45) is 0 Å². The molecule has 0 aliphatic carbocycles. The summed E-state index contributed by atoms with van der Waals surface area (Å²) in [6, 6.07) is 0. The van der Waals surface area contributed by atoms with Crippen LogP contribution in [-0.4, -0.2) is 41.2 Å². The van der Waals surface area contributed by atoms with Gasteiger partial charge in [0.05, 0.1) is 26.1 Å². The number of aliphatic carboxylic acids is 2. The van der Waals surface area contributed by atoms with Crippen LogP contribution in [0.3, 0.4) is 0 Å². The first-order valence-electron chi connectivity index (χ1n) is 4.76. The van der Waals surface area contributed by atoms with Gasteiger partial charge in [-0.1, -0.05) is 0 Å². The number of hydrogen-bond acceptors (Lipinski definition) is 4. The summed E-state index contributed by atoms with van der Waals surface area (Å²) in [6.45, 7) is 0.776. The first-order valence-corrected chi connectivity index (χ1v) is 4.76. The molecule has 0 aromatic rings. The van der Waals surface area contributed by atoms with Gasteiger partial charge in [-0.15, -0.1) is 0 Å². The summed E-state index contributed by atoms with van der Waals surface area (Å²) >= 11 is 0. The van der Waals surface area contributed by atoms with E-state index >= 15 is 0 Å². The molecule has 1 radical (unpaired) electrons. The van der Waals surface area contributed by atoms with E-state index in [0.29, 0.717) is 13.2 Å². The molecule has 2 N–H and O–H groups in total. The molecule has 16 heavy (non-hydrogen) atoms. The summed E-state index contributed by atoms with van der Waals surface area (Å²) in [4.78, 5) is 20.8. The SMILES string of the molecule is O=C(O)CCC1(CCC(=O)O)OCCO1.[Ag]. The second-order valence-electron chi connectivity index (χ2n) is 3.40. The molecule has 0 spiro atoms. The molecule has 0 aromatic carbocycles. The van der Waals surface area contributed by atoms with Crippen molar-refractivity contribution in [2.75, 3.05) is 13.2 Å². The van der Waals surface area contributed by atoms with Crippen molar-refractivity contribution in [1.82, 2.24) is 0 Å². The number of hydrogen-bond donors (Lipinski definition) is 2. The molecule has 0 atom stereocenters. The second-order valence-corrected chi connectivity index (χ2v) is 3.40. The molecule has 0 amide bonds. The summed E-state index contributed by atoms with van der Waals surface area (Å²) in [5, 5.41) is 17.1. The van der Waals surface area contributed by atoms with E-state index in [1.54, 1.807) is 0 Å². The van der Waals surface area contributed by atoms with E-state index in [2.05, 4.69) is 0 Å². The third kappa shape index (κ3) is 5.09. The van der Waals surface area contributed by atoms with Gasteiger partial charge in [0.15, 0.2) is 5.79 Å². The Morgan fingerprint density at radius 3 is 1.69 bits per heavy atom. The van der Waals surface area contributed by atoms with Gasteiger partial charge in [-0.2, -0.15) is 0 Å². The van der Waals surface area contributed by atoms with Gasteiger partial charge in [0, 0.05) is 35.2 Å². The van der Waals surface area contributed by atoms with Crippen LogP contribution in [0.1, 0.15) is 25.7 Å². The van der Waals surface area contributed by atoms with Gasteiger partial charge in [0.25, 0.3) is 0 Å². The molecule has 1 fully saturated rings. The van der Waals surface area contributed by atoms with Crippen LogP contribution >= 0.6 is 0 Å². The maximum atomic E-state index is 10.4. The molecular formula is C9H14AgO6. The zero-order valence-electron chi connectivity index (χ0n) is 8.57. The van der Waals surface area contributed by atoms with E-state index in [-0.39, 0.29) is 48.1 Å². The summed E-state index contributed by atoms with van der Waals surface area (Å²) in [5.41, 5.74) is 0. The molecule has 1 aliphatic heterocycles. The Morgan fingerprint density at radius 1 is 1.00 bits per heavy atom. The molecule has 7 heteroatoms. The number of ether oxygens (including phenoxy) is 2.